The fourth-order valence-corrected chi connectivity index (χ4v) is 5.65. The van der Waals surface area contributed by atoms with Gasteiger partial charge in [0.25, 0.3) is 5.91 Å². The number of fused-ring (bicyclic) bond motifs is 5. The first kappa shape index (κ1) is 17.1. The summed E-state index contributed by atoms with van der Waals surface area (Å²) in [7, 11) is 0. The summed E-state index contributed by atoms with van der Waals surface area (Å²) < 4.78 is 1.77. The molecule has 142 valence electrons. The summed E-state index contributed by atoms with van der Waals surface area (Å²) in [6.45, 7) is 8.10. The van der Waals surface area contributed by atoms with Crippen LogP contribution in [0.15, 0.2) is 0 Å². The Balaban J connectivity index is 1.62. The van der Waals surface area contributed by atoms with Gasteiger partial charge in [-0.15, -0.1) is 16.4 Å². The maximum atomic E-state index is 13.0. The summed E-state index contributed by atoms with van der Waals surface area (Å²) >= 11 is 1.79. The summed E-state index contributed by atoms with van der Waals surface area (Å²) in [6, 6.07) is 0. The standard InChI is InChI=1S/C20H25N5OS/c1-11-6-8-24(9-7-11)20(26)17-22-18-16-14-10-12(2)4-5-15(14)27-19(16)21-13(3)25(18)23-17/h11-12H,4-10H2,1-3H3. The van der Waals surface area contributed by atoms with Crippen molar-refractivity contribution >= 4 is 33.1 Å². The molecule has 2 aliphatic rings. The number of piperidine rings is 1. The molecule has 0 N–H and O–H groups in total. The lowest BCUT2D eigenvalue weighted by Gasteiger charge is -2.29. The molecule has 0 bridgehead atoms. The van der Waals surface area contributed by atoms with Crippen molar-refractivity contribution in [2.45, 2.75) is 52.9 Å². The van der Waals surface area contributed by atoms with Crippen LogP contribution in [-0.2, 0) is 12.8 Å². The third kappa shape index (κ3) is 2.74. The Labute approximate surface area is 162 Å². The largest absolute Gasteiger partial charge is 0.336 e. The smallest absolute Gasteiger partial charge is 0.293 e. The van der Waals surface area contributed by atoms with Crippen LogP contribution in [0.1, 0.15) is 60.0 Å². The predicted octanol–water partition coefficient (Wildman–Crippen LogP) is 3.64. The van der Waals surface area contributed by atoms with E-state index in [2.05, 4.69) is 18.9 Å². The first-order chi connectivity index (χ1) is 13.0. The van der Waals surface area contributed by atoms with Gasteiger partial charge in [0.05, 0.1) is 5.39 Å². The van der Waals surface area contributed by atoms with Crippen molar-refractivity contribution in [1.82, 2.24) is 24.5 Å². The van der Waals surface area contributed by atoms with Crippen LogP contribution in [-0.4, -0.2) is 43.5 Å². The monoisotopic (exact) mass is 383 g/mol. The van der Waals surface area contributed by atoms with E-state index in [0.29, 0.717) is 17.7 Å². The Hall–Kier alpha value is -2.02. The number of thiophene rings is 1. The molecule has 0 saturated carbocycles. The lowest BCUT2D eigenvalue weighted by molar-refractivity contribution is 0.0685. The highest BCUT2D eigenvalue weighted by molar-refractivity contribution is 7.19. The minimum absolute atomic E-state index is 0.0457. The highest BCUT2D eigenvalue weighted by Crippen LogP contribution is 2.39. The highest BCUT2D eigenvalue weighted by atomic mass is 32.1. The van der Waals surface area contributed by atoms with Gasteiger partial charge in [-0.05, 0) is 56.4 Å². The van der Waals surface area contributed by atoms with E-state index in [1.807, 2.05) is 11.8 Å². The van der Waals surface area contributed by atoms with Crippen LogP contribution in [0.4, 0.5) is 0 Å². The van der Waals surface area contributed by atoms with Crippen LogP contribution in [0.3, 0.4) is 0 Å². The molecule has 5 rings (SSSR count). The fourth-order valence-electron chi connectivity index (χ4n) is 4.39. The molecular weight excluding hydrogens is 358 g/mol. The molecule has 6 nitrogen and oxygen atoms in total. The minimum atomic E-state index is -0.0457. The quantitative estimate of drug-likeness (QED) is 0.643. The Morgan fingerprint density at radius 3 is 2.67 bits per heavy atom. The first-order valence-corrected chi connectivity index (χ1v) is 10.8. The molecule has 1 atom stereocenters. The number of aryl methyl sites for hydroxylation is 2. The number of nitrogens with zero attached hydrogens (tertiary/aromatic N) is 5. The third-order valence-electron chi connectivity index (χ3n) is 6.15. The molecule has 4 heterocycles. The number of likely N-dealkylation sites (tertiary alicyclic amines) is 1. The molecule has 0 spiro atoms. The van der Waals surface area contributed by atoms with E-state index < -0.39 is 0 Å². The number of amides is 1. The van der Waals surface area contributed by atoms with Crippen molar-refractivity contribution in [1.29, 1.82) is 0 Å². The van der Waals surface area contributed by atoms with Gasteiger partial charge in [0.15, 0.2) is 5.65 Å². The Morgan fingerprint density at radius 2 is 1.89 bits per heavy atom. The Morgan fingerprint density at radius 1 is 1.11 bits per heavy atom. The molecule has 0 radical (unpaired) electrons. The molecule has 1 fully saturated rings. The van der Waals surface area contributed by atoms with Crippen LogP contribution in [0.2, 0.25) is 0 Å². The average molecular weight is 384 g/mol. The second kappa shape index (κ2) is 6.26. The molecule has 3 aromatic rings. The minimum Gasteiger partial charge on any atom is -0.336 e. The predicted molar refractivity (Wildman–Crippen MR) is 106 cm³/mol. The van der Waals surface area contributed by atoms with Crippen molar-refractivity contribution in [3.8, 4) is 0 Å². The Bertz CT molecular complexity index is 1040. The maximum absolute atomic E-state index is 13.0. The van der Waals surface area contributed by atoms with Crippen LogP contribution in [0.25, 0.3) is 15.9 Å². The van der Waals surface area contributed by atoms with Gasteiger partial charge in [0.2, 0.25) is 5.82 Å². The van der Waals surface area contributed by atoms with Gasteiger partial charge in [-0.3, -0.25) is 4.79 Å². The van der Waals surface area contributed by atoms with Crippen molar-refractivity contribution in [3.05, 3.63) is 22.1 Å². The number of hydrogen-bond acceptors (Lipinski definition) is 5. The molecular formula is C20H25N5OS. The number of hydrogen-bond donors (Lipinski definition) is 0. The maximum Gasteiger partial charge on any atom is 0.293 e. The molecule has 1 saturated heterocycles. The van der Waals surface area contributed by atoms with E-state index in [9.17, 15) is 4.79 Å². The summed E-state index contributed by atoms with van der Waals surface area (Å²) in [5, 5.41) is 5.68. The summed E-state index contributed by atoms with van der Waals surface area (Å²) in [4.78, 5) is 26.9. The zero-order valence-electron chi connectivity index (χ0n) is 16.2. The van der Waals surface area contributed by atoms with Gasteiger partial charge in [-0.25, -0.2) is 9.97 Å². The molecule has 3 aromatic heterocycles. The molecule has 7 heteroatoms. The summed E-state index contributed by atoms with van der Waals surface area (Å²) in [5.41, 5.74) is 2.18. The van der Waals surface area contributed by atoms with Crippen LogP contribution in [0.5, 0.6) is 0 Å². The number of aromatic nitrogens is 4. The summed E-state index contributed by atoms with van der Waals surface area (Å²) in [6.07, 6.45) is 5.53. The fraction of sp³-hybridized carbons (Fsp3) is 0.600. The molecule has 27 heavy (non-hydrogen) atoms. The third-order valence-corrected chi connectivity index (χ3v) is 7.34. The number of rotatable bonds is 1. The molecule has 1 amide bonds. The van der Waals surface area contributed by atoms with Crippen LogP contribution < -0.4 is 0 Å². The van der Waals surface area contributed by atoms with Gasteiger partial charge >= 0.3 is 0 Å². The molecule has 1 unspecified atom stereocenters. The van der Waals surface area contributed by atoms with E-state index in [-0.39, 0.29) is 5.91 Å². The van der Waals surface area contributed by atoms with Crippen molar-refractivity contribution in [3.63, 3.8) is 0 Å². The first-order valence-electron chi connectivity index (χ1n) is 9.98. The zero-order chi connectivity index (χ0) is 18.7. The lowest BCUT2D eigenvalue weighted by Crippen LogP contribution is -2.38. The van der Waals surface area contributed by atoms with Gasteiger partial charge in [0.1, 0.15) is 10.7 Å². The van der Waals surface area contributed by atoms with E-state index >= 15 is 0 Å². The normalized spacial score (nSPS) is 21.1. The van der Waals surface area contributed by atoms with E-state index in [1.54, 1.807) is 15.9 Å². The number of carbonyl (C=O) groups excluding carboxylic acids is 1. The Kier molecular flexibility index (Phi) is 3.96. The van der Waals surface area contributed by atoms with E-state index in [1.165, 1.54) is 16.9 Å². The van der Waals surface area contributed by atoms with Crippen molar-refractivity contribution < 1.29 is 4.79 Å². The second-order valence-electron chi connectivity index (χ2n) is 8.34. The van der Waals surface area contributed by atoms with E-state index in [4.69, 9.17) is 9.97 Å². The van der Waals surface area contributed by atoms with Crippen LogP contribution >= 0.6 is 11.3 Å². The van der Waals surface area contributed by atoms with Crippen molar-refractivity contribution in [2.75, 3.05) is 13.1 Å². The lowest BCUT2D eigenvalue weighted by atomic mass is 9.89. The van der Waals surface area contributed by atoms with Gasteiger partial charge in [0, 0.05) is 18.0 Å². The van der Waals surface area contributed by atoms with Crippen LogP contribution in [0, 0.1) is 18.8 Å². The SMILES string of the molecule is Cc1nc2sc3c(c2c2nc(C(=O)N4CCC(C)CC4)nn12)CC(C)CC3. The van der Waals surface area contributed by atoms with Gasteiger partial charge in [-0.1, -0.05) is 13.8 Å². The summed E-state index contributed by atoms with van der Waals surface area (Å²) in [5.74, 6) is 2.42. The van der Waals surface area contributed by atoms with Gasteiger partial charge < -0.3 is 4.90 Å². The van der Waals surface area contributed by atoms with Gasteiger partial charge in [-0.2, -0.15) is 4.52 Å². The van der Waals surface area contributed by atoms with Crippen molar-refractivity contribution in [2.24, 2.45) is 11.8 Å². The molecule has 0 aromatic carbocycles. The highest BCUT2D eigenvalue weighted by Gasteiger charge is 2.28. The average Bonchev–Trinajstić information content (AvgIpc) is 3.23. The van der Waals surface area contributed by atoms with E-state index in [0.717, 1.165) is 60.5 Å². The zero-order valence-corrected chi connectivity index (χ0v) is 17.0. The molecule has 1 aliphatic carbocycles. The second-order valence-corrected chi connectivity index (χ2v) is 9.42. The molecule has 1 aliphatic heterocycles. The number of carbonyl (C=O) groups is 1. The topological polar surface area (TPSA) is 63.4 Å².